The van der Waals surface area contributed by atoms with E-state index in [1.807, 2.05) is 22.6 Å². The Hall–Kier alpha value is -2.25. The van der Waals surface area contributed by atoms with Gasteiger partial charge in [0.25, 0.3) is 5.56 Å². The monoisotopic (exact) mass is 382 g/mol. The van der Waals surface area contributed by atoms with Crippen LogP contribution in [0.15, 0.2) is 35.1 Å². The van der Waals surface area contributed by atoms with E-state index in [-0.39, 0.29) is 5.56 Å². The van der Waals surface area contributed by atoms with Crippen molar-refractivity contribution in [3.63, 3.8) is 0 Å². The lowest BCUT2D eigenvalue weighted by Crippen LogP contribution is -2.24. The number of nitrogens with zero attached hydrogens (tertiary/aromatic N) is 3. The van der Waals surface area contributed by atoms with Crippen LogP contribution in [0.4, 0.5) is 0 Å². The Balaban J connectivity index is 1.75. The van der Waals surface area contributed by atoms with Crippen molar-refractivity contribution in [2.24, 2.45) is 0 Å². The lowest BCUT2D eigenvalue weighted by molar-refractivity contribution is 0.674. The molecule has 7 heteroatoms. The molecule has 1 aromatic carbocycles. The van der Waals surface area contributed by atoms with E-state index in [9.17, 15) is 4.79 Å². The zero-order chi connectivity index (χ0) is 17.7. The summed E-state index contributed by atoms with van der Waals surface area (Å²) in [6.07, 6.45) is 5.18. The first kappa shape index (κ1) is 16.0. The lowest BCUT2D eigenvalue weighted by atomic mass is 9.97. The minimum Gasteiger partial charge on any atom is -0.276 e. The number of aromatic amines is 1. The van der Waals surface area contributed by atoms with Gasteiger partial charge in [-0.05, 0) is 55.4 Å². The van der Waals surface area contributed by atoms with Crippen LogP contribution in [-0.2, 0) is 25.8 Å². The Kier molecular flexibility index (Phi) is 3.79. The highest BCUT2D eigenvalue weighted by molar-refractivity contribution is 7.71. The number of nitrogens with one attached hydrogen (secondary N) is 1. The number of thiophene rings is 1. The number of hydrogen-bond acceptors (Lipinski definition) is 4. The summed E-state index contributed by atoms with van der Waals surface area (Å²) < 4.78 is 4.28. The van der Waals surface area contributed by atoms with E-state index < -0.39 is 0 Å². The Morgan fingerprint density at radius 2 is 2.00 bits per heavy atom. The molecule has 26 heavy (non-hydrogen) atoms. The first-order chi connectivity index (χ1) is 12.7. The van der Waals surface area contributed by atoms with Crippen LogP contribution >= 0.6 is 23.6 Å². The molecule has 0 bridgehead atoms. The Morgan fingerprint density at radius 1 is 1.19 bits per heavy atom. The number of benzene rings is 1. The normalized spacial score (nSPS) is 14.2. The average Bonchev–Trinajstić information content (AvgIpc) is 3.23. The summed E-state index contributed by atoms with van der Waals surface area (Å²) in [5.41, 5.74) is 2.51. The molecule has 0 saturated heterocycles. The van der Waals surface area contributed by atoms with Crippen LogP contribution < -0.4 is 5.56 Å². The molecule has 0 aliphatic heterocycles. The molecule has 3 heterocycles. The third-order valence-corrected chi connectivity index (χ3v) is 6.73. The van der Waals surface area contributed by atoms with Crippen LogP contribution in [0.1, 0.15) is 28.8 Å². The van der Waals surface area contributed by atoms with Crippen molar-refractivity contribution < 1.29 is 0 Å². The van der Waals surface area contributed by atoms with E-state index in [2.05, 4.69) is 22.3 Å². The third kappa shape index (κ3) is 2.38. The van der Waals surface area contributed by atoms with Crippen LogP contribution in [0.3, 0.4) is 0 Å². The Labute approximate surface area is 158 Å². The quantitative estimate of drug-likeness (QED) is 0.547. The van der Waals surface area contributed by atoms with Gasteiger partial charge in [-0.25, -0.2) is 9.50 Å². The van der Waals surface area contributed by atoms with Crippen LogP contribution in [0, 0.1) is 4.77 Å². The van der Waals surface area contributed by atoms with Gasteiger partial charge in [0.1, 0.15) is 4.83 Å². The van der Waals surface area contributed by atoms with Crippen molar-refractivity contribution in [1.82, 2.24) is 19.2 Å². The lowest BCUT2D eigenvalue weighted by Gasteiger charge is -2.11. The number of aryl methyl sites for hydroxylation is 4. The van der Waals surface area contributed by atoms with Gasteiger partial charge >= 0.3 is 0 Å². The highest BCUT2D eigenvalue weighted by Crippen LogP contribution is 2.35. The maximum atomic E-state index is 13.4. The van der Waals surface area contributed by atoms with Crippen molar-refractivity contribution >= 4 is 39.5 Å². The summed E-state index contributed by atoms with van der Waals surface area (Å²) in [7, 11) is 0. The minimum atomic E-state index is 0.0665. The summed E-state index contributed by atoms with van der Waals surface area (Å²) in [4.78, 5) is 15.7. The molecule has 1 aliphatic rings. The molecule has 0 amide bonds. The van der Waals surface area contributed by atoms with E-state index in [0.29, 0.717) is 17.1 Å². The molecule has 1 N–H and O–H groups in total. The van der Waals surface area contributed by atoms with Crippen LogP contribution in [0.5, 0.6) is 0 Å². The number of hydrogen-bond donors (Lipinski definition) is 1. The van der Waals surface area contributed by atoms with Crippen molar-refractivity contribution in [3.05, 3.63) is 61.5 Å². The van der Waals surface area contributed by atoms with Gasteiger partial charge in [-0.3, -0.25) is 9.36 Å². The smallest absolute Gasteiger partial charge is 0.263 e. The number of fused-ring (bicyclic) bond motifs is 5. The van der Waals surface area contributed by atoms with Gasteiger partial charge in [-0.15, -0.1) is 16.4 Å². The molecule has 4 aromatic rings. The van der Waals surface area contributed by atoms with E-state index >= 15 is 0 Å². The molecule has 5 nitrogen and oxygen atoms in total. The number of rotatable bonds is 3. The van der Waals surface area contributed by atoms with Gasteiger partial charge in [0.05, 0.1) is 5.39 Å². The highest BCUT2D eigenvalue weighted by Gasteiger charge is 2.23. The molecule has 3 aromatic heterocycles. The summed E-state index contributed by atoms with van der Waals surface area (Å²) >= 11 is 7.18. The molecule has 0 spiro atoms. The predicted molar refractivity (Wildman–Crippen MR) is 107 cm³/mol. The maximum absolute atomic E-state index is 13.4. The molecule has 1 aliphatic carbocycles. The van der Waals surface area contributed by atoms with E-state index in [4.69, 9.17) is 12.2 Å². The van der Waals surface area contributed by atoms with E-state index in [0.717, 1.165) is 35.9 Å². The molecule has 0 atom stereocenters. The Morgan fingerprint density at radius 3 is 2.85 bits per heavy atom. The molecular weight excluding hydrogens is 364 g/mol. The van der Waals surface area contributed by atoms with Crippen LogP contribution in [0.2, 0.25) is 0 Å². The molecule has 0 unspecified atom stereocenters. The second-order valence-corrected chi connectivity index (χ2v) is 8.22. The zero-order valence-electron chi connectivity index (χ0n) is 14.2. The second kappa shape index (κ2) is 6.17. The highest BCUT2D eigenvalue weighted by atomic mass is 32.1. The summed E-state index contributed by atoms with van der Waals surface area (Å²) in [6, 6.07) is 10.2. The average molecular weight is 383 g/mol. The fraction of sp³-hybridized carbons (Fsp3) is 0.316. The van der Waals surface area contributed by atoms with Gasteiger partial charge in [0.2, 0.25) is 10.5 Å². The van der Waals surface area contributed by atoms with E-state index in [1.54, 1.807) is 15.9 Å². The zero-order valence-corrected chi connectivity index (χ0v) is 15.8. The summed E-state index contributed by atoms with van der Waals surface area (Å²) in [5, 5.41) is 8.09. The predicted octanol–water partition coefficient (Wildman–Crippen LogP) is 3.89. The van der Waals surface area contributed by atoms with Gasteiger partial charge in [-0.1, -0.05) is 30.3 Å². The molecule has 132 valence electrons. The Bertz CT molecular complexity index is 1230. The van der Waals surface area contributed by atoms with Crippen LogP contribution in [-0.4, -0.2) is 19.2 Å². The van der Waals surface area contributed by atoms with Crippen molar-refractivity contribution in [2.75, 3.05) is 0 Å². The largest absolute Gasteiger partial charge is 0.276 e. The number of H-pyrrole nitrogens is 1. The van der Waals surface area contributed by atoms with Gasteiger partial charge in [-0.2, -0.15) is 0 Å². The molecule has 5 rings (SSSR count). The SMILES string of the molecule is O=c1c2c3c(sc2n2c(=S)[nH]nc2n1CCc1ccccc1)CCCC3. The van der Waals surface area contributed by atoms with Gasteiger partial charge in [0, 0.05) is 11.4 Å². The van der Waals surface area contributed by atoms with Crippen molar-refractivity contribution in [3.8, 4) is 0 Å². The van der Waals surface area contributed by atoms with Gasteiger partial charge in [0.15, 0.2) is 0 Å². The van der Waals surface area contributed by atoms with Crippen LogP contribution in [0.25, 0.3) is 16.0 Å². The number of aromatic nitrogens is 4. The summed E-state index contributed by atoms with van der Waals surface area (Å²) in [5.74, 6) is 0.613. The maximum Gasteiger partial charge on any atom is 0.263 e. The van der Waals surface area contributed by atoms with Crippen molar-refractivity contribution in [2.45, 2.75) is 38.6 Å². The fourth-order valence-electron chi connectivity index (χ4n) is 3.90. The molecule has 0 fully saturated rings. The molecular formula is C19H18N4OS2. The first-order valence-corrected chi connectivity index (χ1v) is 10.1. The summed E-state index contributed by atoms with van der Waals surface area (Å²) in [6.45, 7) is 0.590. The minimum absolute atomic E-state index is 0.0665. The molecule has 0 saturated carbocycles. The van der Waals surface area contributed by atoms with E-state index in [1.165, 1.54) is 22.4 Å². The third-order valence-electron chi connectivity index (χ3n) is 5.18. The van der Waals surface area contributed by atoms with Gasteiger partial charge < -0.3 is 0 Å². The second-order valence-electron chi connectivity index (χ2n) is 6.75. The molecule has 0 radical (unpaired) electrons. The van der Waals surface area contributed by atoms with Crippen molar-refractivity contribution in [1.29, 1.82) is 0 Å². The first-order valence-electron chi connectivity index (χ1n) is 8.92. The topological polar surface area (TPSA) is 55.1 Å². The standard InChI is InChI=1S/C19H18N4OS2/c24-16-15-13-8-4-5-9-14(13)26-17(15)23-18(20-21-19(23)25)22(16)11-10-12-6-2-1-3-7-12/h1-3,6-7H,4-5,8-11H2,(H,21,25). The fourth-order valence-corrected chi connectivity index (χ4v) is 5.56.